The molecule has 3 nitrogen and oxygen atoms in total. The molecule has 0 N–H and O–H groups in total. The van der Waals surface area contributed by atoms with Crippen LogP contribution in [0.4, 0.5) is 5.69 Å². The molecule has 1 aliphatic rings. The summed E-state index contributed by atoms with van der Waals surface area (Å²) in [7, 11) is 3.51. The van der Waals surface area contributed by atoms with Crippen molar-refractivity contribution < 1.29 is 9.53 Å². The van der Waals surface area contributed by atoms with E-state index in [-0.39, 0.29) is 5.97 Å². The number of fused-ring (bicyclic) bond motifs is 1. The van der Waals surface area contributed by atoms with Crippen LogP contribution in [0.25, 0.3) is 0 Å². The third-order valence-corrected chi connectivity index (χ3v) is 4.43. The highest BCUT2D eigenvalue weighted by molar-refractivity contribution is 8.00. The van der Waals surface area contributed by atoms with E-state index in [0.717, 1.165) is 16.9 Å². The average Bonchev–Trinajstić information content (AvgIpc) is 2.62. The quantitative estimate of drug-likeness (QED) is 0.756. The molecule has 1 unspecified atom stereocenters. The number of aryl methyl sites for hydroxylation is 1. The van der Waals surface area contributed by atoms with Crippen LogP contribution in [0.1, 0.15) is 29.8 Å². The summed E-state index contributed by atoms with van der Waals surface area (Å²) in [4.78, 5) is 15.1. The first-order valence-corrected chi connectivity index (χ1v) is 6.61. The molecular formula is C13H17NO2S. The summed E-state index contributed by atoms with van der Waals surface area (Å²) in [5, 5.41) is 0.419. The van der Waals surface area contributed by atoms with E-state index in [2.05, 4.69) is 31.9 Å². The van der Waals surface area contributed by atoms with Gasteiger partial charge in [-0.05, 0) is 31.0 Å². The van der Waals surface area contributed by atoms with Gasteiger partial charge >= 0.3 is 5.97 Å². The SMILES string of the molecule is CCc1cc2c(cc1C(=O)OC)SC(C)N2C. The van der Waals surface area contributed by atoms with Crippen molar-refractivity contribution in [3.8, 4) is 0 Å². The molecule has 92 valence electrons. The average molecular weight is 251 g/mol. The topological polar surface area (TPSA) is 29.5 Å². The van der Waals surface area contributed by atoms with E-state index < -0.39 is 0 Å². The van der Waals surface area contributed by atoms with E-state index >= 15 is 0 Å². The predicted octanol–water partition coefficient (Wildman–Crippen LogP) is 2.92. The minimum atomic E-state index is -0.243. The monoisotopic (exact) mass is 251 g/mol. The number of carbonyl (C=O) groups is 1. The molecule has 0 fully saturated rings. The van der Waals surface area contributed by atoms with Crippen molar-refractivity contribution in [3.63, 3.8) is 0 Å². The number of thioether (sulfide) groups is 1. The molecule has 1 heterocycles. The molecule has 0 spiro atoms. The van der Waals surface area contributed by atoms with E-state index in [4.69, 9.17) is 4.74 Å². The van der Waals surface area contributed by atoms with Gasteiger partial charge in [-0.1, -0.05) is 18.7 Å². The normalized spacial score (nSPS) is 18.1. The Morgan fingerprint density at radius 1 is 1.53 bits per heavy atom. The standard InChI is InChI=1S/C13H17NO2S/c1-5-9-6-11-12(17-8(2)14(11)3)7-10(9)13(15)16-4/h6-8H,5H2,1-4H3. The molecule has 0 saturated carbocycles. The molecule has 0 radical (unpaired) electrons. The van der Waals surface area contributed by atoms with E-state index in [0.29, 0.717) is 10.9 Å². The zero-order valence-electron chi connectivity index (χ0n) is 10.6. The van der Waals surface area contributed by atoms with Crippen molar-refractivity contribution in [1.82, 2.24) is 0 Å². The molecule has 1 aromatic rings. The summed E-state index contributed by atoms with van der Waals surface area (Å²) in [5.74, 6) is -0.243. The van der Waals surface area contributed by atoms with Crippen LogP contribution in [-0.4, -0.2) is 25.5 Å². The maximum atomic E-state index is 11.7. The Morgan fingerprint density at radius 3 is 2.82 bits per heavy atom. The van der Waals surface area contributed by atoms with E-state index in [1.165, 1.54) is 12.8 Å². The van der Waals surface area contributed by atoms with Crippen molar-refractivity contribution in [2.45, 2.75) is 30.5 Å². The molecule has 0 saturated heterocycles. The number of carbonyl (C=O) groups excluding carboxylic acids is 1. The number of hydrogen-bond acceptors (Lipinski definition) is 4. The second kappa shape index (κ2) is 4.61. The maximum absolute atomic E-state index is 11.7. The van der Waals surface area contributed by atoms with Crippen molar-refractivity contribution in [1.29, 1.82) is 0 Å². The third kappa shape index (κ3) is 2.02. The van der Waals surface area contributed by atoms with Gasteiger partial charge in [0, 0.05) is 11.9 Å². The second-order valence-corrected chi connectivity index (χ2v) is 5.51. The van der Waals surface area contributed by atoms with Crippen LogP contribution in [0.3, 0.4) is 0 Å². The van der Waals surface area contributed by atoms with Crippen LogP contribution in [0.15, 0.2) is 17.0 Å². The fraction of sp³-hybridized carbons (Fsp3) is 0.462. The summed E-state index contributed by atoms with van der Waals surface area (Å²) in [6.07, 6.45) is 0.838. The van der Waals surface area contributed by atoms with Crippen LogP contribution >= 0.6 is 11.8 Å². The highest BCUT2D eigenvalue weighted by Crippen LogP contribution is 2.43. The lowest BCUT2D eigenvalue weighted by atomic mass is 10.0. The first kappa shape index (κ1) is 12.3. The zero-order valence-corrected chi connectivity index (χ0v) is 11.4. The molecule has 1 aliphatic heterocycles. The number of methoxy groups -OCH3 is 1. The van der Waals surface area contributed by atoms with E-state index in [9.17, 15) is 4.79 Å². The van der Waals surface area contributed by atoms with Crippen molar-refractivity contribution in [3.05, 3.63) is 23.3 Å². The minimum absolute atomic E-state index is 0.243. The lowest BCUT2D eigenvalue weighted by molar-refractivity contribution is 0.0599. The Morgan fingerprint density at radius 2 is 2.24 bits per heavy atom. The van der Waals surface area contributed by atoms with Crippen LogP contribution < -0.4 is 4.90 Å². The minimum Gasteiger partial charge on any atom is -0.465 e. The molecule has 0 aromatic heterocycles. The Hall–Kier alpha value is -1.16. The van der Waals surface area contributed by atoms with Gasteiger partial charge in [0.25, 0.3) is 0 Å². The van der Waals surface area contributed by atoms with Gasteiger partial charge in [-0.15, -0.1) is 0 Å². The summed E-state index contributed by atoms with van der Waals surface area (Å²) in [5.41, 5.74) is 2.97. The lowest BCUT2D eigenvalue weighted by Crippen LogP contribution is -2.20. The van der Waals surface area contributed by atoms with Gasteiger partial charge in [0.05, 0.1) is 23.7 Å². The lowest BCUT2D eigenvalue weighted by Gasteiger charge is -2.18. The van der Waals surface area contributed by atoms with E-state index in [1.54, 1.807) is 11.8 Å². The van der Waals surface area contributed by atoms with E-state index in [1.807, 2.05) is 6.07 Å². The third-order valence-electron chi connectivity index (χ3n) is 3.19. The van der Waals surface area contributed by atoms with Crippen molar-refractivity contribution in [2.75, 3.05) is 19.1 Å². The van der Waals surface area contributed by atoms with Gasteiger partial charge in [0.1, 0.15) is 0 Å². The number of esters is 1. The highest BCUT2D eigenvalue weighted by atomic mass is 32.2. The van der Waals surface area contributed by atoms with Crippen molar-refractivity contribution >= 4 is 23.4 Å². The summed E-state index contributed by atoms with van der Waals surface area (Å²) >= 11 is 1.78. The predicted molar refractivity (Wildman–Crippen MR) is 70.9 cm³/mol. The van der Waals surface area contributed by atoms with Crippen LogP contribution in [-0.2, 0) is 11.2 Å². The van der Waals surface area contributed by atoms with Gasteiger partial charge in [-0.3, -0.25) is 0 Å². The maximum Gasteiger partial charge on any atom is 0.338 e. The fourth-order valence-corrected chi connectivity index (χ4v) is 3.18. The number of anilines is 1. The van der Waals surface area contributed by atoms with Gasteiger partial charge in [0.2, 0.25) is 0 Å². The number of benzene rings is 1. The summed E-state index contributed by atoms with van der Waals surface area (Å²) < 4.78 is 4.83. The summed E-state index contributed by atoms with van der Waals surface area (Å²) in [6.45, 7) is 4.22. The number of ether oxygens (including phenoxy) is 1. The van der Waals surface area contributed by atoms with Gasteiger partial charge in [-0.2, -0.15) is 0 Å². The molecular weight excluding hydrogens is 234 g/mol. The molecule has 2 rings (SSSR count). The van der Waals surface area contributed by atoms with Gasteiger partial charge in [-0.25, -0.2) is 4.79 Å². The first-order valence-electron chi connectivity index (χ1n) is 5.73. The molecule has 1 atom stereocenters. The largest absolute Gasteiger partial charge is 0.465 e. The Labute approximate surface area is 106 Å². The smallest absolute Gasteiger partial charge is 0.338 e. The second-order valence-electron chi connectivity index (χ2n) is 4.15. The molecule has 4 heteroatoms. The molecule has 17 heavy (non-hydrogen) atoms. The Balaban J connectivity index is 2.51. The summed E-state index contributed by atoms with van der Waals surface area (Å²) in [6, 6.07) is 4.07. The molecule has 0 aliphatic carbocycles. The van der Waals surface area contributed by atoms with Gasteiger partial charge < -0.3 is 9.64 Å². The fourth-order valence-electron chi connectivity index (χ4n) is 2.03. The Bertz CT molecular complexity index is 459. The van der Waals surface area contributed by atoms with Crippen LogP contribution in [0, 0.1) is 0 Å². The highest BCUT2D eigenvalue weighted by Gasteiger charge is 2.26. The number of rotatable bonds is 2. The number of hydrogen-bond donors (Lipinski definition) is 0. The molecule has 0 amide bonds. The van der Waals surface area contributed by atoms with Gasteiger partial charge in [0.15, 0.2) is 0 Å². The Kier molecular flexibility index (Phi) is 3.33. The number of nitrogens with zero attached hydrogens (tertiary/aromatic N) is 1. The molecule has 1 aromatic carbocycles. The van der Waals surface area contributed by atoms with Crippen LogP contribution in [0.5, 0.6) is 0 Å². The first-order chi connectivity index (χ1) is 8.08. The zero-order chi connectivity index (χ0) is 12.6. The van der Waals surface area contributed by atoms with Crippen LogP contribution in [0.2, 0.25) is 0 Å². The van der Waals surface area contributed by atoms with Crippen molar-refractivity contribution in [2.24, 2.45) is 0 Å². The molecule has 0 bridgehead atoms.